The number of benzene rings is 4. The lowest BCUT2D eigenvalue weighted by atomic mass is 9.78. The Bertz CT molecular complexity index is 1840. The lowest BCUT2D eigenvalue weighted by molar-refractivity contribution is -0.125. The van der Waals surface area contributed by atoms with Gasteiger partial charge in [0.15, 0.2) is 6.61 Å². The SMILES string of the molecule is O=C(COc1ccc(Cl)cc1)N(O)c1cccc(-c2ccc(C3=Cc4ccc5c(c4CC3)CCc3ccccc3-5)s2)c1. The molecule has 7 rings (SSSR count). The zero-order chi connectivity index (χ0) is 28.6. The fraction of sp³-hybridized carbons (Fsp3) is 0.139. The van der Waals surface area contributed by atoms with Crippen LogP contribution in [0.25, 0.3) is 33.2 Å². The second-order valence-electron chi connectivity index (χ2n) is 10.6. The van der Waals surface area contributed by atoms with Gasteiger partial charge in [-0.05, 0) is 119 Å². The summed E-state index contributed by atoms with van der Waals surface area (Å²) < 4.78 is 5.51. The highest BCUT2D eigenvalue weighted by Crippen LogP contribution is 2.42. The number of anilines is 1. The van der Waals surface area contributed by atoms with Crippen molar-refractivity contribution < 1.29 is 14.7 Å². The molecule has 1 N–H and O–H groups in total. The first-order valence-electron chi connectivity index (χ1n) is 14.1. The molecule has 1 heterocycles. The molecule has 6 heteroatoms. The molecule has 0 atom stereocenters. The summed E-state index contributed by atoms with van der Waals surface area (Å²) in [6, 6.07) is 31.8. The monoisotopic (exact) mass is 589 g/mol. The van der Waals surface area contributed by atoms with Gasteiger partial charge in [-0.2, -0.15) is 5.06 Å². The summed E-state index contributed by atoms with van der Waals surface area (Å²) in [7, 11) is 0. The number of nitrogens with zero attached hydrogens (tertiary/aromatic N) is 1. The quantitative estimate of drug-likeness (QED) is 0.159. The fourth-order valence-corrected chi connectivity index (χ4v) is 7.16. The highest BCUT2D eigenvalue weighted by atomic mass is 35.5. The van der Waals surface area contributed by atoms with Crippen LogP contribution < -0.4 is 9.80 Å². The van der Waals surface area contributed by atoms with E-state index in [1.54, 1.807) is 41.7 Å². The van der Waals surface area contributed by atoms with E-state index in [0.29, 0.717) is 21.5 Å². The van der Waals surface area contributed by atoms with Gasteiger partial charge in [-0.3, -0.25) is 10.0 Å². The Labute approximate surface area is 254 Å². The zero-order valence-corrected chi connectivity index (χ0v) is 24.4. The third kappa shape index (κ3) is 5.16. The molecule has 2 aliphatic rings. The maximum absolute atomic E-state index is 12.6. The molecule has 208 valence electrons. The van der Waals surface area contributed by atoms with Gasteiger partial charge >= 0.3 is 0 Å². The maximum Gasteiger partial charge on any atom is 0.288 e. The van der Waals surface area contributed by atoms with Gasteiger partial charge in [-0.25, -0.2) is 0 Å². The summed E-state index contributed by atoms with van der Waals surface area (Å²) in [5.74, 6) is -0.0588. The normalized spacial score (nSPS) is 13.4. The number of hydroxylamine groups is 1. The van der Waals surface area contributed by atoms with Gasteiger partial charge in [0.05, 0.1) is 5.69 Å². The van der Waals surface area contributed by atoms with Crippen molar-refractivity contribution in [1.29, 1.82) is 0 Å². The van der Waals surface area contributed by atoms with Crippen molar-refractivity contribution in [3.05, 3.63) is 129 Å². The van der Waals surface area contributed by atoms with Crippen LogP contribution in [-0.4, -0.2) is 17.7 Å². The number of carbonyl (C=O) groups excluding carboxylic acids is 1. The Balaban J connectivity index is 1.08. The molecule has 4 aromatic carbocycles. The summed E-state index contributed by atoms with van der Waals surface area (Å²) in [6.07, 6.45) is 6.64. The smallest absolute Gasteiger partial charge is 0.288 e. The van der Waals surface area contributed by atoms with Crippen molar-refractivity contribution in [3.8, 4) is 27.3 Å². The van der Waals surface area contributed by atoms with Gasteiger partial charge in [-0.1, -0.05) is 66.2 Å². The number of aryl methyl sites for hydroxylation is 1. The van der Waals surface area contributed by atoms with E-state index in [-0.39, 0.29) is 6.61 Å². The van der Waals surface area contributed by atoms with Crippen LogP contribution in [0, 0.1) is 0 Å². The number of fused-ring (bicyclic) bond motifs is 5. The summed E-state index contributed by atoms with van der Waals surface area (Å²) in [5, 5.41) is 11.8. The first-order chi connectivity index (χ1) is 20.5. The minimum atomic E-state index is -0.564. The molecule has 0 saturated carbocycles. The fourth-order valence-electron chi connectivity index (χ4n) is 5.99. The highest BCUT2D eigenvalue weighted by Gasteiger charge is 2.23. The van der Waals surface area contributed by atoms with Gasteiger partial charge in [0.25, 0.3) is 5.91 Å². The van der Waals surface area contributed by atoms with E-state index in [2.05, 4.69) is 54.6 Å². The standard InChI is InChI=1S/C36H28ClNO3S/c37-27-11-13-29(14-12-27)41-22-36(39)38(40)28-6-3-5-25(21-28)34-18-19-35(42-34)26-10-15-31-24(20-26)9-17-32-30-7-2-1-4-23(30)8-16-33(31)32/h1-7,9,11-14,17-21,40H,8,10,15-16,22H2. The number of hydrogen-bond acceptors (Lipinski definition) is 4. The molecule has 2 aliphatic carbocycles. The van der Waals surface area contributed by atoms with Crippen molar-refractivity contribution in [1.82, 2.24) is 0 Å². The van der Waals surface area contributed by atoms with Gasteiger partial charge in [-0.15, -0.1) is 11.3 Å². The molecule has 0 saturated heterocycles. The summed E-state index contributed by atoms with van der Waals surface area (Å²) in [4.78, 5) is 14.9. The Morgan fingerprint density at radius 1 is 0.810 bits per heavy atom. The van der Waals surface area contributed by atoms with Crippen molar-refractivity contribution in [2.24, 2.45) is 0 Å². The maximum atomic E-state index is 12.6. The Morgan fingerprint density at radius 2 is 1.62 bits per heavy atom. The minimum absolute atomic E-state index is 0.295. The largest absolute Gasteiger partial charge is 0.484 e. The molecule has 0 bridgehead atoms. The van der Waals surface area contributed by atoms with E-state index in [1.807, 2.05) is 18.2 Å². The summed E-state index contributed by atoms with van der Waals surface area (Å²) in [6.45, 7) is -0.295. The van der Waals surface area contributed by atoms with Crippen LogP contribution in [0.3, 0.4) is 0 Å². The van der Waals surface area contributed by atoms with E-state index in [0.717, 1.165) is 36.1 Å². The first-order valence-corrected chi connectivity index (χ1v) is 15.3. The number of hydrogen-bond donors (Lipinski definition) is 1. The van der Waals surface area contributed by atoms with Gasteiger partial charge < -0.3 is 4.74 Å². The second kappa shape index (κ2) is 11.3. The molecular formula is C36H28ClNO3S. The first kappa shape index (κ1) is 26.7. The van der Waals surface area contributed by atoms with Crippen molar-refractivity contribution >= 4 is 46.2 Å². The van der Waals surface area contributed by atoms with Crippen LogP contribution in [0.4, 0.5) is 5.69 Å². The molecule has 0 fully saturated rings. The Hall–Kier alpha value is -4.16. The number of halogens is 1. The zero-order valence-electron chi connectivity index (χ0n) is 22.8. The third-order valence-corrected chi connectivity index (χ3v) is 9.57. The Kier molecular flexibility index (Phi) is 7.16. The molecule has 1 amide bonds. The molecule has 0 spiro atoms. The van der Waals surface area contributed by atoms with E-state index in [4.69, 9.17) is 16.3 Å². The van der Waals surface area contributed by atoms with Crippen molar-refractivity contribution in [2.45, 2.75) is 25.7 Å². The topological polar surface area (TPSA) is 49.8 Å². The lowest BCUT2D eigenvalue weighted by Gasteiger charge is -2.26. The van der Waals surface area contributed by atoms with Crippen LogP contribution in [0.2, 0.25) is 5.02 Å². The molecule has 0 aliphatic heterocycles. The van der Waals surface area contributed by atoms with Gasteiger partial charge in [0, 0.05) is 14.8 Å². The molecule has 1 aromatic heterocycles. The molecule has 42 heavy (non-hydrogen) atoms. The number of amides is 1. The molecule has 4 nitrogen and oxygen atoms in total. The second-order valence-corrected chi connectivity index (χ2v) is 12.2. The van der Waals surface area contributed by atoms with Crippen LogP contribution in [0.5, 0.6) is 5.75 Å². The van der Waals surface area contributed by atoms with Crippen LogP contribution >= 0.6 is 22.9 Å². The lowest BCUT2D eigenvalue weighted by Crippen LogP contribution is -2.31. The average Bonchev–Trinajstić information content (AvgIpc) is 3.54. The average molecular weight is 590 g/mol. The molecule has 0 unspecified atom stereocenters. The number of allylic oxidation sites excluding steroid dienone is 1. The predicted octanol–water partition coefficient (Wildman–Crippen LogP) is 9.12. The van der Waals surface area contributed by atoms with E-state index >= 15 is 0 Å². The number of thiophene rings is 1. The minimum Gasteiger partial charge on any atom is -0.484 e. The summed E-state index contributed by atoms with van der Waals surface area (Å²) >= 11 is 7.64. The third-order valence-electron chi connectivity index (χ3n) is 8.10. The van der Waals surface area contributed by atoms with Crippen LogP contribution in [-0.2, 0) is 24.1 Å². The van der Waals surface area contributed by atoms with E-state index < -0.39 is 5.91 Å². The summed E-state index contributed by atoms with van der Waals surface area (Å²) in [5.41, 5.74) is 11.3. The van der Waals surface area contributed by atoms with Crippen molar-refractivity contribution in [3.63, 3.8) is 0 Å². The Morgan fingerprint density at radius 3 is 2.50 bits per heavy atom. The van der Waals surface area contributed by atoms with Gasteiger partial charge in [0.2, 0.25) is 0 Å². The molecular weight excluding hydrogens is 562 g/mol. The number of carbonyl (C=O) groups is 1. The van der Waals surface area contributed by atoms with Crippen molar-refractivity contribution in [2.75, 3.05) is 11.7 Å². The highest BCUT2D eigenvalue weighted by molar-refractivity contribution is 7.16. The number of rotatable bonds is 6. The van der Waals surface area contributed by atoms with E-state index in [1.165, 1.54) is 43.8 Å². The van der Waals surface area contributed by atoms with Gasteiger partial charge in [0.1, 0.15) is 5.75 Å². The van der Waals surface area contributed by atoms with E-state index in [9.17, 15) is 10.0 Å². The van der Waals surface area contributed by atoms with Crippen LogP contribution in [0.15, 0.2) is 97.1 Å². The van der Waals surface area contributed by atoms with Crippen LogP contribution in [0.1, 0.15) is 33.6 Å². The predicted molar refractivity (Wildman–Crippen MR) is 171 cm³/mol. The number of ether oxygens (including phenoxy) is 1. The molecule has 5 aromatic rings. The molecule has 0 radical (unpaired) electrons.